The van der Waals surface area contributed by atoms with Gasteiger partial charge in [-0.05, 0) is 20.3 Å². The molecule has 1 aromatic heterocycles. The molecule has 1 unspecified atom stereocenters. The number of thiazole rings is 1. The van der Waals surface area contributed by atoms with E-state index in [1.165, 1.54) is 23.1 Å². The zero-order valence-corrected chi connectivity index (χ0v) is 11.3. The van der Waals surface area contributed by atoms with Crippen LogP contribution in [0.1, 0.15) is 26.0 Å². The summed E-state index contributed by atoms with van der Waals surface area (Å²) < 4.78 is 6.00. The quantitative estimate of drug-likeness (QED) is 0.651. The fourth-order valence-electron chi connectivity index (χ4n) is 1.17. The number of nitrogen functional groups attached to an aromatic ring is 1. The van der Waals surface area contributed by atoms with E-state index in [9.17, 15) is 4.79 Å². The summed E-state index contributed by atoms with van der Waals surface area (Å²) >= 11 is 2.90. The Hall–Kier alpha value is -0.750. The molecule has 0 amide bonds. The van der Waals surface area contributed by atoms with Crippen LogP contribution in [0, 0.1) is 6.92 Å². The number of ether oxygens (including phenoxy) is 1. The summed E-state index contributed by atoms with van der Waals surface area (Å²) in [5.41, 5.74) is 6.49. The van der Waals surface area contributed by atoms with Gasteiger partial charge < -0.3 is 10.5 Å². The zero-order valence-electron chi connectivity index (χ0n) is 9.65. The molecule has 2 N–H and O–H groups in total. The molecule has 1 aromatic rings. The second-order valence-corrected chi connectivity index (χ2v) is 5.69. The van der Waals surface area contributed by atoms with Crippen LogP contribution < -0.4 is 5.73 Å². The number of carbonyl (C=O) groups excluding carboxylic acids is 1. The number of hydrogen-bond acceptors (Lipinski definition) is 6. The Balaban J connectivity index is 2.70. The van der Waals surface area contributed by atoms with Gasteiger partial charge in [0, 0.05) is 0 Å². The Morgan fingerprint density at radius 3 is 2.75 bits per heavy atom. The zero-order chi connectivity index (χ0) is 12.1. The third kappa shape index (κ3) is 3.38. The first-order valence-electron chi connectivity index (χ1n) is 5.14. The van der Waals surface area contributed by atoms with Crippen molar-refractivity contribution < 1.29 is 9.53 Å². The van der Waals surface area contributed by atoms with Crippen LogP contribution in [0.3, 0.4) is 0 Å². The SMILES string of the molecule is CCOC(=O)C(CC)Sc1sc(N)nc1C. The fourth-order valence-corrected chi connectivity index (χ4v) is 3.34. The van der Waals surface area contributed by atoms with E-state index < -0.39 is 0 Å². The predicted molar refractivity (Wildman–Crippen MR) is 67.8 cm³/mol. The van der Waals surface area contributed by atoms with Crippen molar-refractivity contribution in [2.45, 2.75) is 36.7 Å². The van der Waals surface area contributed by atoms with Gasteiger partial charge in [-0.1, -0.05) is 30.0 Å². The van der Waals surface area contributed by atoms with E-state index in [1.54, 1.807) is 0 Å². The number of nitrogens with two attached hydrogens (primary N) is 1. The van der Waals surface area contributed by atoms with Crippen LogP contribution in [-0.2, 0) is 9.53 Å². The van der Waals surface area contributed by atoms with Gasteiger partial charge in [0.1, 0.15) is 5.25 Å². The van der Waals surface area contributed by atoms with Crippen molar-refractivity contribution in [3.8, 4) is 0 Å². The van der Waals surface area contributed by atoms with Crippen molar-refractivity contribution in [3.05, 3.63) is 5.69 Å². The number of rotatable bonds is 5. The molecule has 90 valence electrons. The number of carbonyl (C=O) groups is 1. The fraction of sp³-hybridized carbons (Fsp3) is 0.600. The third-order valence-corrected chi connectivity index (χ3v) is 4.58. The maximum absolute atomic E-state index is 11.6. The van der Waals surface area contributed by atoms with E-state index in [-0.39, 0.29) is 11.2 Å². The summed E-state index contributed by atoms with van der Waals surface area (Å²) in [6, 6.07) is 0. The molecule has 1 heterocycles. The minimum absolute atomic E-state index is 0.165. The van der Waals surface area contributed by atoms with Gasteiger partial charge in [0.15, 0.2) is 5.13 Å². The van der Waals surface area contributed by atoms with Gasteiger partial charge in [-0.3, -0.25) is 4.79 Å². The molecule has 1 rings (SSSR count). The maximum atomic E-state index is 11.6. The van der Waals surface area contributed by atoms with Gasteiger partial charge in [-0.2, -0.15) is 0 Å². The van der Waals surface area contributed by atoms with Crippen molar-refractivity contribution in [1.29, 1.82) is 0 Å². The number of thioether (sulfide) groups is 1. The molecule has 0 aliphatic heterocycles. The minimum atomic E-state index is -0.168. The van der Waals surface area contributed by atoms with E-state index in [4.69, 9.17) is 10.5 Å². The highest BCUT2D eigenvalue weighted by atomic mass is 32.2. The first-order chi connectivity index (χ1) is 7.58. The van der Waals surface area contributed by atoms with Crippen molar-refractivity contribution >= 4 is 34.2 Å². The molecule has 0 spiro atoms. The van der Waals surface area contributed by atoms with Gasteiger partial charge in [0.05, 0.1) is 16.5 Å². The summed E-state index contributed by atoms with van der Waals surface area (Å²) in [5, 5.41) is 0.372. The van der Waals surface area contributed by atoms with Gasteiger partial charge in [0.25, 0.3) is 0 Å². The summed E-state index contributed by atoms with van der Waals surface area (Å²) in [4.78, 5) is 15.7. The summed E-state index contributed by atoms with van der Waals surface area (Å²) in [6.07, 6.45) is 0.737. The summed E-state index contributed by atoms with van der Waals surface area (Å²) in [6.45, 7) is 6.09. The number of anilines is 1. The van der Waals surface area contributed by atoms with Crippen LogP contribution >= 0.6 is 23.1 Å². The molecule has 0 aliphatic rings. The number of nitrogens with zero attached hydrogens (tertiary/aromatic N) is 1. The smallest absolute Gasteiger partial charge is 0.319 e. The Morgan fingerprint density at radius 2 is 2.31 bits per heavy atom. The van der Waals surface area contributed by atoms with Crippen LogP contribution in [0.5, 0.6) is 0 Å². The lowest BCUT2D eigenvalue weighted by Gasteiger charge is -2.11. The highest BCUT2D eigenvalue weighted by Crippen LogP contribution is 2.34. The Labute approximate surface area is 104 Å². The largest absolute Gasteiger partial charge is 0.465 e. The van der Waals surface area contributed by atoms with Crippen LogP contribution in [-0.4, -0.2) is 22.8 Å². The van der Waals surface area contributed by atoms with E-state index in [0.717, 1.165) is 16.3 Å². The van der Waals surface area contributed by atoms with Crippen LogP contribution in [0.25, 0.3) is 0 Å². The van der Waals surface area contributed by atoms with Gasteiger partial charge in [-0.15, -0.1) is 0 Å². The Bertz CT molecular complexity index is 366. The number of hydrogen-bond donors (Lipinski definition) is 1. The number of aryl methyl sites for hydroxylation is 1. The molecule has 4 nitrogen and oxygen atoms in total. The molecule has 6 heteroatoms. The monoisotopic (exact) mass is 260 g/mol. The lowest BCUT2D eigenvalue weighted by atomic mass is 10.3. The van der Waals surface area contributed by atoms with Crippen molar-refractivity contribution in [2.75, 3.05) is 12.3 Å². The molecule has 0 saturated heterocycles. The Kier molecular flexibility index (Phi) is 5.08. The molecule has 0 saturated carbocycles. The highest BCUT2D eigenvalue weighted by molar-refractivity contribution is 8.02. The molecule has 0 fully saturated rings. The second kappa shape index (κ2) is 6.10. The minimum Gasteiger partial charge on any atom is -0.465 e. The maximum Gasteiger partial charge on any atom is 0.319 e. The molecule has 1 atom stereocenters. The van der Waals surface area contributed by atoms with E-state index >= 15 is 0 Å². The molecular weight excluding hydrogens is 244 g/mol. The van der Waals surface area contributed by atoms with E-state index in [0.29, 0.717) is 11.7 Å². The van der Waals surface area contributed by atoms with Gasteiger partial charge in [0.2, 0.25) is 0 Å². The molecule has 16 heavy (non-hydrogen) atoms. The molecule has 0 bridgehead atoms. The molecule has 0 aliphatic carbocycles. The standard InChI is InChI=1S/C10H16N2O2S2/c1-4-7(8(13)14-5-2)15-9-6(3)12-10(11)16-9/h7H,4-5H2,1-3H3,(H2,11,12). The van der Waals surface area contributed by atoms with Crippen molar-refractivity contribution in [3.63, 3.8) is 0 Å². The van der Waals surface area contributed by atoms with Gasteiger partial charge in [-0.25, -0.2) is 4.98 Å². The third-order valence-electron chi connectivity index (χ3n) is 1.94. The van der Waals surface area contributed by atoms with Crippen LogP contribution in [0.2, 0.25) is 0 Å². The van der Waals surface area contributed by atoms with Crippen LogP contribution in [0.4, 0.5) is 5.13 Å². The first kappa shape index (κ1) is 13.3. The lowest BCUT2D eigenvalue weighted by Crippen LogP contribution is -2.19. The van der Waals surface area contributed by atoms with Crippen molar-refractivity contribution in [1.82, 2.24) is 4.98 Å². The first-order valence-corrected chi connectivity index (χ1v) is 6.84. The predicted octanol–water partition coefficient (Wildman–Crippen LogP) is 2.47. The molecule has 0 radical (unpaired) electrons. The average molecular weight is 260 g/mol. The van der Waals surface area contributed by atoms with Crippen LogP contribution in [0.15, 0.2) is 4.21 Å². The molecular formula is C10H16N2O2S2. The molecule has 0 aromatic carbocycles. The van der Waals surface area contributed by atoms with Crippen molar-refractivity contribution in [2.24, 2.45) is 0 Å². The number of aromatic nitrogens is 1. The van der Waals surface area contributed by atoms with E-state index in [1.807, 2.05) is 20.8 Å². The average Bonchev–Trinajstić information content (AvgIpc) is 2.54. The summed E-state index contributed by atoms with van der Waals surface area (Å²) in [5.74, 6) is -0.165. The normalized spacial score (nSPS) is 12.4. The summed E-state index contributed by atoms with van der Waals surface area (Å²) in [7, 11) is 0. The lowest BCUT2D eigenvalue weighted by molar-refractivity contribution is -0.142. The topological polar surface area (TPSA) is 65.2 Å². The number of esters is 1. The second-order valence-electron chi connectivity index (χ2n) is 3.19. The Morgan fingerprint density at radius 1 is 1.62 bits per heavy atom. The van der Waals surface area contributed by atoms with E-state index in [2.05, 4.69) is 4.98 Å². The highest BCUT2D eigenvalue weighted by Gasteiger charge is 2.21. The van der Waals surface area contributed by atoms with Gasteiger partial charge >= 0.3 is 5.97 Å².